The third kappa shape index (κ3) is 5.30. The van der Waals surface area contributed by atoms with Gasteiger partial charge in [0.15, 0.2) is 5.96 Å². The summed E-state index contributed by atoms with van der Waals surface area (Å²) in [6.07, 6.45) is 9.25. The Labute approximate surface area is 132 Å². The van der Waals surface area contributed by atoms with Crippen molar-refractivity contribution >= 4 is 17.3 Å². The maximum Gasteiger partial charge on any atom is 0.191 e. The fraction of sp³-hybridized carbons (Fsp3) is 0.750. The summed E-state index contributed by atoms with van der Waals surface area (Å²) in [4.78, 5) is 10.2. The van der Waals surface area contributed by atoms with Crippen LogP contribution in [0.4, 0.5) is 0 Å². The van der Waals surface area contributed by atoms with Crippen LogP contribution >= 0.6 is 11.3 Å². The van der Waals surface area contributed by atoms with Crippen molar-refractivity contribution in [2.24, 2.45) is 10.9 Å². The van der Waals surface area contributed by atoms with Gasteiger partial charge in [0.2, 0.25) is 0 Å². The van der Waals surface area contributed by atoms with E-state index in [9.17, 15) is 0 Å². The second-order valence-electron chi connectivity index (χ2n) is 5.94. The van der Waals surface area contributed by atoms with Crippen LogP contribution < -0.4 is 10.6 Å². The van der Waals surface area contributed by atoms with E-state index in [1.807, 2.05) is 24.6 Å². The van der Waals surface area contributed by atoms with Gasteiger partial charge in [-0.05, 0) is 25.2 Å². The fourth-order valence-corrected chi connectivity index (χ4v) is 3.73. The van der Waals surface area contributed by atoms with Gasteiger partial charge in [0, 0.05) is 37.1 Å². The monoisotopic (exact) mass is 308 g/mol. The highest BCUT2D eigenvalue weighted by molar-refractivity contribution is 7.11. The number of aromatic nitrogens is 1. The highest BCUT2D eigenvalue weighted by atomic mass is 32.1. The Kier molecular flexibility index (Phi) is 6.49. The predicted molar refractivity (Wildman–Crippen MR) is 91.1 cm³/mol. The number of nitrogens with one attached hydrogen (secondary N) is 2. The van der Waals surface area contributed by atoms with Crippen molar-refractivity contribution in [3.63, 3.8) is 0 Å². The number of aryl methyl sites for hydroxylation is 1. The summed E-state index contributed by atoms with van der Waals surface area (Å²) >= 11 is 1.82. The molecule has 5 heteroatoms. The van der Waals surface area contributed by atoms with Crippen molar-refractivity contribution in [1.29, 1.82) is 0 Å². The molecule has 0 aromatic carbocycles. The Balaban J connectivity index is 1.72. The Morgan fingerprint density at radius 3 is 3.00 bits per heavy atom. The molecule has 2 N–H and O–H groups in total. The van der Waals surface area contributed by atoms with Crippen molar-refractivity contribution in [1.82, 2.24) is 15.6 Å². The van der Waals surface area contributed by atoms with Crippen LogP contribution in [0.5, 0.6) is 0 Å². The lowest BCUT2D eigenvalue weighted by atomic mass is 9.87. The van der Waals surface area contributed by atoms with E-state index in [1.54, 1.807) is 0 Å². The number of thiazole rings is 1. The molecule has 4 nitrogen and oxygen atoms in total. The van der Waals surface area contributed by atoms with Crippen molar-refractivity contribution < 1.29 is 0 Å². The Bertz CT molecular complexity index is 455. The zero-order valence-corrected chi connectivity index (χ0v) is 14.3. The number of hydrogen-bond donors (Lipinski definition) is 2. The molecule has 2 atom stereocenters. The quantitative estimate of drug-likeness (QED) is 0.649. The highest BCUT2D eigenvalue weighted by Gasteiger charge is 2.19. The summed E-state index contributed by atoms with van der Waals surface area (Å²) in [5.74, 6) is 1.76. The minimum Gasteiger partial charge on any atom is -0.356 e. The molecule has 21 heavy (non-hydrogen) atoms. The summed E-state index contributed by atoms with van der Waals surface area (Å²) in [6, 6.07) is 0.575. The molecule has 1 aliphatic carbocycles. The molecule has 1 aromatic heterocycles. The molecule has 1 saturated carbocycles. The molecule has 0 radical (unpaired) electrons. The molecular weight excluding hydrogens is 280 g/mol. The molecular formula is C16H28N4S. The first kappa shape index (κ1) is 16.3. The van der Waals surface area contributed by atoms with Gasteiger partial charge in [-0.15, -0.1) is 11.3 Å². The van der Waals surface area contributed by atoms with Crippen LogP contribution in [-0.2, 0) is 12.8 Å². The Morgan fingerprint density at radius 2 is 2.33 bits per heavy atom. The van der Waals surface area contributed by atoms with Gasteiger partial charge < -0.3 is 10.6 Å². The molecule has 1 aromatic rings. The first-order valence-corrected chi connectivity index (χ1v) is 8.93. The van der Waals surface area contributed by atoms with Gasteiger partial charge in [-0.1, -0.05) is 26.7 Å². The highest BCUT2D eigenvalue weighted by Crippen LogP contribution is 2.23. The molecule has 1 fully saturated rings. The number of aliphatic imine (C=N–C) groups is 1. The van der Waals surface area contributed by atoms with Crippen LogP contribution in [0.1, 0.15) is 49.4 Å². The van der Waals surface area contributed by atoms with E-state index in [0.29, 0.717) is 6.04 Å². The van der Waals surface area contributed by atoms with Crippen LogP contribution in [0.25, 0.3) is 0 Å². The Morgan fingerprint density at radius 1 is 1.48 bits per heavy atom. The standard InChI is InChI=1S/C16H28N4S/c1-4-14-11-19-15(21-14)8-9-18-16(17-3)20-13-7-5-6-12(2)10-13/h11-13H,4-10H2,1-3H3,(H2,17,18,20). The van der Waals surface area contributed by atoms with E-state index in [0.717, 1.165) is 31.3 Å². The lowest BCUT2D eigenvalue weighted by molar-refractivity contribution is 0.324. The molecule has 2 rings (SSSR count). The van der Waals surface area contributed by atoms with Crippen LogP contribution in [0.3, 0.4) is 0 Å². The number of hydrogen-bond acceptors (Lipinski definition) is 3. The summed E-state index contributed by atoms with van der Waals surface area (Å²) in [7, 11) is 1.85. The maximum atomic E-state index is 4.45. The van der Waals surface area contributed by atoms with Crippen molar-refractivity contribution in [2.45, 2.75) is 58.4 Å². The van der Waals surface area contributed by atoms with E-state index in [-0.39, 0.29) is 0 Å². The third-order valence-electron chi connectivity index (χ3n) is 4.08. The smallest absolute Gasteiger partial charge is 0.191 e. The summed E-state index contributed by atoms with van der Waals surface area (Å²) in [5.41, 5.74) is 0. The minimum atomic E-state index is 0.575. The van der Waals surface area contributed by atoms with Gasteiger partial charge in [0.05, 0.1) is 5.01 Å². The predicted octanol–water partition coefficient (Wildman–Crippen LogP) is 2.99. The first-order chi connectivity index (χ1) is 10.2. The van der Waals surface area contributed by atoms with E-state index < -0.39 is 0 Å². The second kappa shape index (κ2) is 8.37. The SMILES string of the molecule is CCc1cnc(CCNC(=NC)NC2CCCC(C)C2)s1. The van der Waals surface area contributed by atoms with Crippen molar-refractivity contribution in [2.75, 3.05) is 13.6 Å². The molecule has 2 unspecified atom stereocenters. The van der Waals surface area contributed by atoms with Gasteiger partial charge in [-0.2, -0.15) is 0 Å². The average Bonchev–Trinajstić information content (AvgIpc) is 2.94. The van der Waals surface area contributed by atoms with Gasteiger partial charge in [-0.3, -0.25) is 4.99 Å². The molecule has 118 valence electrons. The topological polar surface area (TPSA) is 49.3 Å². The molecule has 1 heterocycles. The summed E-state index contributed by atoms with van der Waals surface area (Å²) in [5, 5.41) is 8.18. The lowest BCUT2D eigenvalue weighted by Crippen LogP contribution is -2.45. The van der Waals surface area contributed by atoms with E-state index >= 15 is 0 Å². The van der Waals surface area contributed by atoms with E-state index in [1.165, 1.54) is 35.6 Å². The molecule has 0 amide bonds. The molecule has 0 bridgehead atoms. The van der Waals surface area contributed by atoms with Gasteiger partial charge >= 0.3 is 0 Å². The third-order valence-corrected chi connectivity index (χ3v) is 5.28. The minimum absolute atomic E-state index is 0.575. The molecule has 0 spiro atoms. The zero-order valence-electron chi connectivity index (χ0n) is 13.5. The maximum absolute atomic E-state index is 4.45. The van der Waals surface area contributed by atoms with Crippen LogP contribution in [0, 0.1) is 5.92 Å². The normalized spacial score (nSPS) is 23.1. The fourth-order valence-electron chi connectivity index (χ4n) is 2.87. The largest absolute Gasteiger partial charge is 0.356 e. The number of rotatable bonds is 5. The Hall–Kier alpha value is -1.10. The van der Waals surface area contributed by atoms with Crippen molar-refractivity contribution in [3.8, 4) is 0 Å². The van der Waals surface area contributed by atoms with Gasteiger partial charge in [0.1, 0.15) is 0 Å². The van der Waals surface area contributed by atoms with Gasteiger partial charge in [-0.25, -0.2) is 4.98 Å². The average molecular weight is 308 g/mol. The van der Waals surface area contributed by atoms with Crippen molar-refractivity contribution in [3.05, 3.63) is 16.1 Å². The van der Waals surface area contributed by atoms with E-state index in [2.05, 4.69) is 34.5 Å². The summed E-state index contributed by atoms with van der Waals surface area (Å²) < 4.78 is 0. The van der Waals surface area contributed by atoms with Crippen LogP contribution in [-0.4, -0.2) is 30.6 Å². The molecule has 0 aliphatic heterocycles. The zero-order chi connectivity index (χ0) is 15.1. The lowest BCUT2D eigenvalue weighted by Gasteiger charge is -2.28. The molecule has 1 aliphatic rings. The summed E-state index contributed by atoms with van der Waals surface area (Å²) in [6.45, 7) is 5.41. The second-order valence-corrected chi connectivity index (χ2v) is 7.14. The number of guanidine groups is 1. The number of nitrogens with zero attached hydrogens (tertiary/aromatic N) is 2. The van der Waals surface area contributed by atoms with Crippen LogP contribution in [0.15, 0.2) is 11.2 Å². The first-order valence-electron chi connectivity index (χ1n) is 8.12. The van der Waals surface area contributed by atoms with Gasteiger partial charge in [0.25, 0.3) is 0 Å². The van der Waals surface area contributed by atoms with E-state index in [4.69, 9.17) is 0 Å². The van der Waals surface area contributed by atoms with Crippen LogP contribution in [0.2, 0.25) is 0 Å². The molecule has 0 saturated heterocycles.